The smallest absolute Gasteiger partial charge is 0.176 e. The molecular weight excluding hydrogens is 320 g/mol. The van der Waals surface area contributed by atoms with E-state index in [4.69, 9.17) is 4.74 Å². The molecule has 1 unspecified atom stereocenters. The third-order valence-corrected chi connectivity index (χ3v) is 3.90. The molecule has 0 amide bonds. The summed E-state index contributed by atoms with van der Waals surface area (Å²) in [6.45, 7) is 2.19. The fourth-order valence-corrected chi connectivity index (χ4v) is 2.60. The van der Waals surface area contributed by atoms with Crippen LogP contribution in [0.15, 0.2) is 73.3 Å². The number of ether oxygens (including phenoxy) is 1. The number of hydrogen-bond donors (Lipinski definition) is 0. The van der Waals surface area contributed by atoms with Crippen molar-refractivity contribution in [2.24, 2.45) is 0 Å². The van der Waals surface area contributed by atoms with Gasteiger partial charge in [0.05, 0.1) is 6.33 Å². The summed E-state index contributed by atoms with van der Waals surface area (Å²) in [5.41, 5.74) is 2.42. The molecule has 1 aromatic heterocycles. The highest BCUT2D eigenvalue weighted by Gasteiger charge is 2.11. The molecular formula is C20H23ClN2O. The average molecular weight is 343 g/mol. The molecule has 2 aromatic carbocycles. The molecule has 0 spiro atoms. The normalized spacial score (nSPS) is 11.5. The molecule has 24 heavy (non-hydrogen) atoms. The molecule has 0 saturated carbocycles. The van der Waals surface area contributed by atoms with Crippen LogP contribution in [0, 0.1) is 0 Å². The van der Waals surface area contributed by atoms with E-state index in [0.717, 1.165) is 25.0 Å². The van der Waals surface area contributed by atoms with Crippen molar-refractivity contribution in [3.63, 3.8) is 0 Å². The maximum Gasteiger partial charge on any atom is 0.176 e. The molecule has 3 nitrogen and oxygen atoms in total. The molecule has 0 fully saturated rings. The first kappa shape index (κ1) is 18.1. The van der Waals surface area contributed by atoms with E-state index >= 15 is 0 Å². The van der Waals surface area contributed by atoms with Gasteiger partial charge in [0.25, 0.3) is 0 Å². The minimum atomic E-state index is 0. The van der Waals surface area contributed by atoms with Gasteiger partial charge in [0, 0.05) is 18.8 Å². The highest BCUT2D eigenvalue weighted by molar-refractivity contribution is 5.85. The summed E-state index contributed by atoms with van der Waals surface area (Å²) in [5, 5.41) is 0. The molecule has 0 saturated heterocycles. The lowest BCUT2D eigenvalue weighted by Crippen LogP contribution is -2.14. The van der Waals surface area contributed by atoms with Crippen LogP contribution >= 0.6 is 12.4 Å². The second kappa shape index (κ2) is 9.14. The average Bonchev–Trinajstić information content (AvgIpc) is 3.14. The van der Waals surface area contributed by atoms with Crippen molar-refractivity contribution in [1.29, 1.82) is 0 Å². The van der Waals surface area contributed by atoms with E-state index in [1.165, 1.54) is 11.1 Å². The third-order valence-electron chi connectivity index (χ3n) is 3.90. The molecule has 0 radical (unpaired) electrons. The summed E-state index contributed by atoms with van der Waals surface area (Å²) < 4.78 is 8.20. The standard InChI is InChI=1S/C20H22N2O.ClH/c1-2-3-9-20(22-15-14-21-16-22)23-19-12-10-18(11-13-19)17-7-5-4-6-8-17;/h4-8,10-16,20H,2-3,9H2,1H3;1H. The quantitative estimate of drug-likeness (QED) is 0.547. The zero-order valence-electron chi connectivity index (χ0n) is 13.8. The number of halogens is 1. The first-order chi connectivity index (χ1) is 11.4. The van der Waals surface area contributed by atoms with Gasteiger partial charge in [-0.1, -0.05) is 55.8 Å². The van der Waals surface area contributed by atoms with E-state index in [1.807, 2.05) is 35.3 Å². The van der Waals surface area contributed by atoms with E-state index in [9.17, 15) is 0 Å². The molecule has 126 valence electrons. The molecule has 1 atom stereocenters. The minimum absolute atomic E-state index is 0. The van der Waals surface area contributed by atoms with Gasteiger partial charge in [-0.2, -0.15) is 0 Å². The number of nitrogens with zero attached hydrogens (tertiary/aromatic N) is 2. The summed E-state index contributed by atoms with van der Waals surface area (Å²) in [6, 6.07) is 18.7. The maximum atomic E-state index is 6.17. The van der Waals surface area contributed by atoms with Crippen LogP contribution in [0.3, 0.4) is 0 Å². The number of rotatable bonds is 7. The first-order valence-electron chi connectivity index (χ1n) is 8.16. The number of benzene rings is 2. The number of unbranched alkanes of at least 4 members (excludes halogenated alkanes) is 1. The van der Waals surface area contributed by atoms with Crippen molar-refractivity contribution in [3.05, 3.63) is 73.3 Å². The molecule has 3 rings (SSSR count). The van der Waals surface area contributed by atoms with Crippen molar-refractivity contribution in [2.45, 2.75) is 32.4 Å². The topological polar surface area (TPSA) is 27.1 Å². The van der Waals surface area contributed by atoms with Crippen molar-refractivity contribution in [1.82, 2.24) is 9.55 Å². The highest BCUT2D eigenvalue weighted by atomic mass is 35.5. The molecule has 0 N–H and O–H groups in total. The second-order valence-electron chi connectivity index (χ2n) is 5.62. The summed E-state index contributed by atoms with van der Waals surface area (Å²) in [7, 11) is 0. The van der Waals surface area contributed by atoms with Crippen molar-refractivity contribution in [3.8, 4) is 16.9 Å². The van der Waals surface area contributed by atoms with E-state index in [-0.39, 0.29) is 18.6 Å². The Labute approximate surface area is 149 Å². The Kier molecular flexibility index (Phi) is 6.89. The van der Waals surface area contributed by atoms with E-state index in [1.54, 1.807) is 6.20 Å². The zero-order valence-corrected chi connectivity index (χ0v) is 14.7. The lowest BCUT2D eigenvalue weighted by Gasteiger charge is -2.20. The van der Waals surface area contributed by atoms with Gasteiger partial charge in [0.1, 0.15) is 5.75 Å². The maximum absolute atomic E-state index is 6.17. The molecule has 0 aliphatic heterocycles. The third kappa shape index (κ3) is 4.62. The summed E-state index contributed by atoms with van der Waals surface area (Å²) >= 11 is 0. The van der Waals surface area contributed by atoms with Gasteiger partial charge in [0.15, 0.2) is 6.23 Å². The predicted octanol–water partition coefficient (Wildman–Crippen LogP) is 5.74. The Morgan fingerprint density at radius 1 is 1.00 bits per heavy atom. The molecule has 0 aliphatic rings. The molecule has 0 bridgehead atoms. The van der Waals surface area contributed by atoms with Gasteiger partial charge in [-0.05, 0) is 29.7 Å². The summed E-state index contributed by atoms with van der Waals surface area (Å²) in [6.07, 6.45) is 8.83. The first-order valence-corrected chi connectivity index (χ1v) is 8.16. The Hall–Kier alpha value is -2.26. The van der Waals surface area contributed by atoms with Crippen molar-refractivity contribution >= 4 is 12.4 Å². The van der Waals surface area contributed by atoms with Gasteiger partial charge in [0.2, 0.25) is 0 Å². The van der Waals surface area contributed by atoms with E-state index < -0.39 is 0 Å². The van der Waals surface area contributed by atoms with Gasteiger partial charge in [-0.25, -0.2) is 4.98 Å². The van der Waals surface area contributed by atoms with E-state index in [2.05, 4.69) is 48.3 Å². The highest BCUT2D eigenvalue weighted by Crippen LogP contribution is 2.25. The molecule has 4 heteroatoms. The van der Waals surface area contributed by atoms with Crippen LogP contribution in [0.5, 0.6) is 5.75 Å². The Morgan fingerprint density at radius 2 is 1.71 bits per heavy atom. The van der Waals surface area contributed by atoms with Crippen LogP contribution in [0.25, 0.3) is 11.1 Å². The second-order valence-corrected chi connectivity index (χ2v) is 5.62. The minimum Gasteiger partial charge on any atom is -0.470 e. The fraction of sp³-hybridized carbons (Fsp3) is 0.250. The van der Waals surface area contributed by atoms with Crippen LogP contribution < -0.4 is 4.74 Å². The Balaban J connectivity index is 0.00000208. The van der Waals surface area contributed by atoms with Gasteiger partial charge in [-0.3, -0.25) is 0 Å². The molecule has 0 aliphatic carbocycles. The number of imidazole rings is 1. The van der Waals surface area contributed by atoms with E-state index in [0.29, 0.717) is 0 Å². The van der Waals surface area contributed by atoms with Crippen molar-refractivity contribution < 1.29 is 4.74 Å². The van der Waals surface area contributed by atoms with Gasteiger partial charge < -0.3 is 9.30 Å². The number of hydrogen-bond acceptors (Lipinski definition) is 2. The molecule has 3 aromatic rings. The predicted molar refractivity (Wildman–Crippen MR) is 101 cm³/mol. The van der Waals surface area contributed by atoms with Crippen LogP contribution in [-0.4, -0.2) is 9.55 Å². The fourth-order valence-electron chi connectivity index (χ4n) is 2.60. The van der Waals surface area contributed by atoms with Crippen LogP contribution in [0.1, 0.15) is 32.4 Å². The van der Waals surface area contributed by atoms with Crippen LogP contribution in [-0.2, 0) is 0 Å². The lowest BCUT2D eigenvalue weighted by molar-refractivity contribution is 0.119. The zero-order chi connectivity index (χ0) is 15.9. The Bertz CT molecular complexity index is 696. The lowest BCUT2D eigenvalue weighted by atomic mass is 10.1. The molecule has 1 heterocycles. The van der Waals surface area contributed by atoms with Gasteiger partial charge in [-0.15, -0.1) is 12.4 Å². The summed E-state index contributed by atoms with van der Waals surface area (Å²) in [5.74, 6) is 0.888. The summed E-state index contributed by atoms with van der Waals surface area (Å²) in [4.78, 5) is 4.13. The Morgan fingerprint density at radius 3 is 2.33 bits per heavy atom. The number of aromatic nitrogens is 2. The van der Waals surface area contributed by atoms with Gasteiger partial charge >= 0.3 is 0 Å². The monoisotopic (exact) mass is 342 g/mol. The SMILES string of the molecule is CCCCC(Oc1ccc(-c2ccccc2)cc1)n1ccnc1.Cl. The van der Waals surface area contributed by atoms with Crippen LogP contribution in [0.4, 0.5) is 0 Å². The van der Waals surface area contributed by atoms with Crippen LogP contribution in [0.2, 0.25) is 0 Å². The largest absolute Gasteiger partial charge is 0.470 e. The van der Waals surface area contributed by atoms with Crippen molar-refractivity contribution in [2.75, 3.05) is 0 Å².